The Bertz CT molecular complexity index is 290. The van der Waals surface area contributed by atoms with Gasteiger partial charge in [0.05, 0.1) is 11.0 Å². The summed E-state index contributed by atoms with van der Waals surface area (Å²) in [5, 5.41) is 0. The fraction of sp³-hybridized carbons (Fsp3) is 0.500. The van der Waals surface area contributed by atoms with Crippen LogP contribution in [0.15, 0.2) is 16.9 Å². The summed E-state index contributed by atoms with van der Waals surface area (Å²) in [6.07, 6.45) is 3.20. The van der Waals surface area contributed by atoms with Gasteiger partial charge in [-0.15, -0.1) is 0 Å². The van der Waals surface area contributed by atoms with E-state index in [-0.39, 0.29) is 0 Å². The van der Waals surface area contributed by atoms with Crippen molar-refractivity contribution in [2.45, 2.75) is 12.6 Å². The van der Waals surface area contributed by atoms with Gasteiger partial charge in [-0.25, -0.2) is 14.4 Å². The summed E-state index contributed by atoms with van der Waals surface area (Å²) < 4.78 is 13.7. The highest BCUT2D eigenvalue weighted by Gasteiger charge is 2.23. The van der Waals surface area contributed by atoms with E-state index in [0.717, 1.165) is 4.47 Å². The van der Waals surface area contributed by atoms with E-state index in [1.54, 1.807) is 12.4 Å². The van der Waals surface area contributed by atoms with E-state index >= 15 is 0 Å². The van der Waals surface area contributed by atoms with Gasteiger partial charge in [0.25, 0.3) is 0 Å². The Morgan fingerprint density at radius 1 is 1.46 bits per heavy atom. The third-order valence-electron chi connectivity index (χ3n) is 2.02. The quantitative estimate of drug-likeness (QED) is 0.756. The second kappa shape index (κ2) is 3.57. The number of rotatable bonds is 1. The normalized spacial score (nSPS) is 22.3. The van der Waals surface area contributed by atoms with Crippen LogP contribution in [0.25, 0.3) is 0 Å². The van der Waals surface area contributed by atoms with Crippen LogP contribution in [-0.2, 0) is 0 Å². The van der Waals surface area contributed by atoms with Crippen molar-refractivity contribution in [3.8, 4) is 0 Å². The van der Waals surface area contributed by atoms with E-state index < -0.39 is 6.17 Å². The molecular weight excluding hydrogens is 237 g/mol. The van der Waals surface area contributed by atoms with Crippen molar-refractivity contribution < 1.29 is 4.39 Å². The second-order valence-electron chi connectivity index (χ2n) is 3.03. The lowest BCUT2D eigenvalue weighted by Gasteiger charge is -2.13. The number of anilines is 1. The molecule has 1 aliphatic heterocycles. The molecule has 0 bridgehead atoms. The van der Waals surface area contributed by atoms with Gasteiger partial charge in [-0.3, -0.25) is 0 Å². The maximum absolute atomic E-state index is 12.8. The Labute approximate surface area is 84.1 Å². The highest BCUT2D eigenvalue weighted by atomic mass is 79.9. The third kappa shape index (κ3) is 1.96. The van der Waals surface area contributed by atoms with Crippen molar-refractivity contribution in [2.24, 2.45) is 0 Å². The Kier molecular flexibility index (Phi) is 2.44. The summed E-state index contributed by atoms with van der Waals surface area (Å²) in [6, 6.07) is 0. The molecule has 0 N–H and O–H groups in total. The Hall–Kier alpha value is -0.710. The van der Waals surface area contributed by atoms with Crippen molar-refractivity contribution in [1.29, 1.82) is 0 Å². The minimum absolute atomic E-state index is 0.418. The third-order valence-corrected chi connectivity index (χ3v) is 2.43. The van der Waals surface area contributed by atoms with Crippen molar-refractivity contribution in [3.63, 3.8) is 0 Å². The maximum Gasteiger partial charge on any atom is 0.225 e. The first-order chi connectivity index (χ1) is 6.25. The van der Waals surface area contributed by atoms with Crippen LogP contribution in [0.3, 0.4) is 0 Å². The van der Waals surface area contributed by atoms with Crippen molar-refractivity contribution in [3.05, 3.63) is 16.9 Å². The summed E-state index contributed by atoms with van der Waals surface area (Å²) in [6.45, 7) is 1.13. The number of nitrogens with zero attached hydrogens (tertiary/aromatic N) is 3. The maximum atomic E-state index is 12.8. The SMILES string of the molecule is F[C@@H]1CCN(c2ncc(Br)cn2)C1. The van der Waals surface area contributed by atoms with E-state index in [9.17, 15) is 4.39 Å². The lowest BCUT2D eigenvalue weighted by molar-refractivity contribution is 0.364. The molecule has 1 aromatic rings. The zero-order valence-corrected chi connectivity index (χ0v) is 8.54. The van der Waals surface area contributed by atoms with Gasteiger partial charge in [0.2, 0.25) is 5.95 Å². The Balaban J connectivity index is 2.13. The zero-order valence-electron chi connectivity index (χ0n) is 6.95. The monoisotopic (exact) mass is 245 g/mol. The summed E-state index contributed by atoms with van der Waals surface area (Å²) in [5.74, 6) is 0.614. The summed E-state index contributed by atoms with van der Waals surface area (Å²) >= 11 is 3.25. The predicted molar refractivity (Wildman–Crippen MR) is 51.5 cm³/mol. The number of hydrogen-bond acceptors (Lipinski definition) is 3. The van der Waals surface area contributed by atoms with Crippen LogP contribution in [0.4, 0.5) is 10.3 Å². The fourth-order valence-electron chi connectivity index (χ4n) is 1.37. The zero-order chi connectivity index (χ0) is 9.26. The molecule has 2 heterocycles. The number of aromatic nitrogens is 2. The largest absolute Gasteiger partial charge is 0.338 e. The molecule has 1 saturated heterocycles. The molecule has 0 spiro atoms. The van der Waals surface area contributed by atoms with Crippen LogP contribution >= 0.6 is 15.9 Å². The molecule has 70 valence electrons. The summed E-state index contributed by atoms with van der Waals surface area (Å²) in [4.78, 5) is 10.1. The van der Waals surface area contributed by atoms with Gasteiger partial charge in [-0.05, 0) is 22.4 Å². The van der Waals surface area contributed by atoms with E-state index in [0.29, 0.717) is 25.5 Å². The summed E-state index contributed by atoms with van der Waals surface area (Å²) in [5.41, 5.74) is 0. The average Bonchev–Trinajstić information content (AvgIpc) is 2.53. The van der Waals surface area contributed by atoms with E-state index in [1.165, 1.54) is 0 Å². The van der Waals surface area contributed by atoms with Crippen LogP contribution in [0.2, 0.25) is 0 Å². The van der Waals surface area contributed by atoms with Crippen molar-refractivity contribution in [1.82, 2.24) is 9.97 Å². The average molecular weight is 246 g/mol. The molecule has 0 saturated carbocycles. The van der Waals surface area contributed by atoms with Gasteiger partial charge < -0.3 is 4.90 Å². The number of alkyl halides is 1. The van der Waals surface area contributed by atoms with Crippen LogP contribution in [-0.4, -0.2) is 29.2 Å². The molecule has 1 aliphatic rings. The molecule has 13 heavy (non-hydrogen) atoms. The van der Waals surface area contributed by atoms with Gasteiger partial charge in [-0.1, -0.05) is 0 Å². The smallest absolute Gasteiger partial charge is 0.225 e. The van der Waals surface area contributed by atoms with E-state index in [4.69, 9.17) is 0 Å². The molecule has 1 aromatic heterocycles. The first-order valence-corrected chi connectivity index (χ1v) is 4.91. The molecule has 0 unspecified atom stereocenters. The lowest BCUT2D eigenvalue weighted by atomic mass is 10.3. The van der Waals surface area contributed by atoms with E-state index in [2.05, 4.69) is 25.9 Å². The molecule has 1 fully saturated rings. The highest BCUT2D eigenvalue weighted by Crippen LogP contribution is 2.18. The Morgan fingerprint density at radius 3 is 2.69 bits per heavy atom. The minimum Gasteiger partial charge on any atom is -0.338 e. The van der Waals surface area contributed by atoms with E-state index in [1.807, 2.05) is 4.90 Å². The first-order valence-electron chi connectivity index (χ1n) is 4.12. The van der Waals surface area contributed by atoms with Gasteiger partial charge >= 0.3 is 0 Å². The first kappa shape index (κ1) is 8.87. The summed E-state index contributed by atoms with van der Waals surface area (Å²) in [7, 11) is 0. The molecule has 2 rings (SSSR count). The molecule has 0 aliphatic carbocycles. The topological polar surface area (TPSA) is 29.0 Å². The molecule has 3 nitrogen and oxygen atoms in total. The molecule has 5 heteroatoms. The van der Waals surface area contributed by atoms with Crippen LogP contribution < -0.4 is 4.90 Å². The predicted octanol–water partition coefficient (Wildman–Crippen LogP) is 1.79. The van der Waals surface area contributed by atoms with Gasteiger partial charge in [0, 0.05) is 18.9 Å². The number of hydrogen-bond donors (Lipinski definition) is 0. The Morgan fingerprint density at radius 2 is 2.15 bits per heavy atom. The minimum atomic E-state index is -0.729. The van der Waals surface area contributed by atoms with Gasteiger partial charge in [0.15, 0.2) is 0 Å². The van der Waals surface area contributed by atoms with Gasteiger partial charge in [0.1, 0.15) is 6.17 Å². The van der Waals surface area contributed by atoms with Crippen LogP contribution in [0, 0.1) is 0 Å². The van der Waals surface area contributed by atoms with Crippen molar-refractivity contribution >= 4 is 21.9 Å². The standard InChI is InChI=1S/C8H9BrFN3/c9-6-3-11-8(12-4-6)13-2-1-7(10)5-13/h3-4,7H,1-2,5H2/t7-/m1/s1. The van der Waals surface area contributed by atoms with Crippen LogP contribution in [0.1, 0.15) is 6.42 Å². The van der Waals surface area contributed by atoms with Gasteiger partial charge in [-0.2, -0.15) is 0 Å². The van der Waals surface area contributed by atoms with Crippen molar-refractivity contribution in [2.75, 3.05) is 18.0 Å². The molecule has 1 atom stereocenters. The molecule has 0 radical (unpaired) electrons. The number of halogens is 2. The van der Waals surface area contributed by atoms with Crippen LogP contribution in [0.5, 0.6) is 0 Å². The highest BCUT2D eigenvalue weighted by molar-refractivity contribution is 9.10. The lowest BCUT2D eigenvalue weighted by Crippen LogP contribution is -2.22. The molecular formula is C8H9BrFN3. The second-order valence-corrected chi connectivity index (χ2v) is 3.95. The fourth-order valence-corrected chi connectivity index (χ4v) is 1.57. The molecule has 0 aromatic carbocycles. The molecule has 0 amide bonds.